The van der Waals surface area contributed by atoms with Crippen molar-refractivity contribution in [2.45, 2.75) is 87.9 Å². The van der Waals surface area contributed by atoms with Gasteiger partial charge in [0.05, 0.1) is 14.2 Å². The van der Waals surface area contributed by atoms with Crippen molar-refractivity contribution in [1.82, 2.24) is 0 Å². The van der Waals surface area contributed by atoms with Crippen LogP contribution < -0.4 is 9.47 Å². The topological polar surface area (TPSA) is 18.5 Å². The lowest BCUT2D eigenvalue weighted by Gasteiger charge is -2.58. The van der Waals surface area contributed by atoms with Crippen molar-refractivity contribution in [3.05, 3.63) is 23.3 Å². The number of rotatable bonds is 4. The van der Waals surface area contributed by atoms with E-state index in [1.165, 1.54) is 77.0 Å². The molecule has 0 spiro atoms. The summed E-state index contributed by atoms with van der Waals surface area (Å²) in [5.74, 6) is 8.01. The van der Waals surface area contributed by atoms with Gasteiger partial charge in [-0.15, -0.1) is 0 Å². The summed E-state index contributed by atoms with van der Waals surface area (Å²) in [5, 5.41) is 0. The molecular weight excluding hydrogens is 368 g/mol. The van der Waals surface area contributed by atoms with Crippen LogP contribution in [-0.4, -0.2) is 14.2 Å². The van der Waals surface area contributed by atoms with E-state index in [0.29, 0.717) is 10.8 Å². The van der Waals surface area contributed by atoms with Gasteiger partial charge in [0, 0.05) is 17.2 Å². The molecule has 0 radical (unpaired) electrons. The van der Waals surface area contributed by atoms with Crippen LogP contribution in [0.1, 0.15) is 88.2 Å². The molecule has 0 aromatic heterocycles. The summed E-state index contributed by atoms with van der Waals surface area (Å²) < 4.78 is 12.1. The quantitative estimate of drug-likeness (QED) is 0.558. The Morgan fingerprint density at radius 2 is 0.833 bits per heavy atom. The summed E-state index contributed by atoms with van der Waals surface area (Å²) in [6.07, 6.45) is 17.4. The average Bonchev–Trinajstić information content (AvgIpc) is 2.70. The third-order valence-corrected chi connectivity index (χ3v) is 10.7. The van der Waals surface area contributed by atoms with Gasteiger partial charge in [0.2, 0.25) is 0 Å². The number of methoxy groups -OCH3 is 2. The minimum atomic E-state index is 0.378. The second kappa shape index (κ2) is 6.20. The molecule has 0 amide bonds. The van der Waals surface area contributed by atoms with Crippen molar-refractivity contribution in [2.24, 2.45) is 35.5 Å². The monoisotopic (exact) mass is 406 g/mol. The number of ether oxygens (including phenoxy) is 2. The third-order valence-electron chi connectivity index (χ3n) is 10.7. The van der Waals surface area contributed by atoms with Crippen LogP contribution in [0.25, 0.3) is 0 Å². The molecule has 0 atom stereocenters. The van der Waals surface area contributed by atoms with Gasteiger partial charge in [-0.05, 0) is 129 Å². The van der Waals surface area contributed by atoms with E-state index in [4.69, 9.17) is 9.47 Å². The van der Waals surface area contributed by atoms with Crippen LogP contribution in [0.3, 0.4) is 0 Å². The molecule has 0 heterocycles. The Hall–Kier alpha value is -1.18. The van der Waals surface area contributed by atoms with E-state index >= 15 is 0 Å². The first-order valence-electron chi connectivity index (χ1n) is 12.8. The molecule has 2 heteroatoms. The highest BCUT2D eigenvalue weighted by Crippen LogP contribution is 2.65. The molecule has 8 aliphatic rings. The summed E-state index contributed by atoms with van der Waals surface area (Å²) >= 11 is 0. The van der Waals surface area contributed by atoms with Crippen LogP contribution >= 0.6 is 0 Å². The Morgan fingerprint density at radius 1 is 0.533 bits per heavy atom. The summed E-state index contributed by atoms with van der Waals surface area (Å²) in [6, 6.07) is 4.94. The molecule has 162 valence electrons. The minimum Gasteiger partial charge on any atom is -0.496 e. The lowest BCUT2D eigenvalue weighted by molar-refractivity contribution is -0.00960. The Morgan fingerprint density at radius 3 is 1.10 bits per heavy atom. The van der Waals surface area contributed by atoms with E-state index < -0.39 is 0 Å². The van der Waals surface area contributed by atoms with Crippen molar-refractivity contribution in [1.29, 1.82) is 0 Å². The van der Waals surface area contributed by atoms with Crippen molar-refractivity contribution in [3.8, 4) is 11.5 Å². The maximum absolute atomic E-state index is 6.07. The van der Waals surface area contributed by atoms with Crippen molar-refractivity contribution >= 4 is 0 Å². The molecule has 8 fully saturated rings. The van der Waals surface area contributed by atoms with Gasteiger partial charge in [0.1, 0.15) is 11.5 Å². The van der Waals surface area contributed by atoms with Gasteiger partial charge >= 0.3 is 0 Å². The molecule has 0 saturated heterocycles. The van der Waals surface area contributed by atoms with Gasteiger partial charge in [0.15, 0.2) is 0 Å². The molecular formula is C28H38O2. The fourth-order valence-electron chi connectivity index (χ4n) is 10.6. The Balaban J connectivity index is 1.37. The number of hydrogen-bond donors (Lipinski definition) is 0. The van der Waals surface area contributed by atoms with Gasteiger partial charge in [-0.1, -0.05) is 0 Å². The Kier molecular flexibility index (Phi) is 3.80. The fourth-order valence-corrected chi connectivity index (χ4v) is 10.6. The second-order valence-electron chi connectivity index (χ2n) is 12.6. The molecule has 1 aromatic carbocycles. The predicted octanol–water partition coefficient (Wildman–Crippen LogP) is 6.64. The Bertz CT molecular complexity index is 730. The van der Waals surface area contributed by atoms with Crippen molar-refractivity contribution in [3.63, 3.8) is 0 Å². The number of hydrogen-bond acceptors (Lipinski definition) is 2. The highest BCUT2D eigenvalue weighted by Gasteiger charge is 2.55. The third kappa shape index (κ3) is 2.49. The summed E-state index contributed by atoms with van der Waals surface area (Å²) in [7, 11) is 3.76. The van der Waals surface area contributed by atoms with Gasteiger partial charge in [-0.3, -0.25) is 0 Å². The van der Waals surface area contributed by atoms with E-state index in [9.17, 15) is 0 Å². The average molecular weight is 407 g/mol. The standard InChI is InChI=1S/C28H38O2/c1-29-25-10-26(30-2)24(28-14-20-6-21(15-28)8-22(7-20)16-28)9-23(25)27-11-17-3-18(12-27)5-19(4-17)13-27/h9-10,17-22H,3-8,11-16H2,1-2H3. The lowest BCUT2D eigenvalue weighted by atomic mass is 9.46. The predicted molar refractivity (Wildman–Crippen MR) is 119 cm³/mol. The molecule has 8 saturated carbocycles. The zero-order chi connectivity index (χ0) is 20.1. The van der Waals surface area contributed by atoms with Crippen LogP contribution in [0.4, 0.5) is 0 Å². The second-order valence-corrected chi connectivity index (χ2v) is 12.6. The Labute approximate surface area is 182 Å². The minimum absolute atomic E-state index is 0.378. The molecule has 8 aliphatic carbocycles. The first-order chi connectivity index (χ1) is 14.6. The van der Waals surface area contributed by atoms with E-state index in [0.717, 1.165) is 47.0 Å². The zero-order valence-electron chi connectivity index (χ0n) is 18.9. The van der Waals surface area contributed by atoms with Crippen LogP contribution in [0.2, 0.25) is 0 Å². The van der Waals surface area contributed by atoms with Crippen LogP contribution in [-0.2, 0) is 10.8 Å². The smallest absolute Gasteiger partial charge is 0.126 e. The van der Waals surface area contributed by atoms with E-state index in [1.54, 1.807) is 11.1 Å². The molecule has 0 unspecified atom stereocenters. The normalized spacial score (nSPS) is 47.7. The maximum Gasteiger partial charge on any atom is 0.126 e. The SMILES string of the molecule is COc1cc(OC)c(C23CC4CC(CC(C4)C2)C3)cc1C12CC3CC(CC(C3)C1)C2. The van der Waals surface area contributed by atoms with Gasteiger partial charge in [-0.25, -0.2) is 0 Å². The molecule has 9 rings (SSSR count). The van der Waals surface area contributed by atoms with Gasteiger partial charge in [0.25, 0.3) is 0 Å². The summed E-state index contributed by atoms with van der Waals surface area (Å²) in [6.45, 7) is 0. The fraction of sp³-hybridized carbons (Fsp3) is 0.786. The maximum atomic E-state index is 6.07. The largest absolute Gasteiger partial charge is 0.496 e. The van der Waals surface area contributed by atoms with Gasteiger partial charge in [-0.2, -0.15) is 0 Å². The van der Waals surface area contributed by atoms with E-state index in [2.05, 4.69) is 12.1 Å². The highest BCUT2D eigenvalue weighted by molar-refractivity contribution is 5.54. The van der Waals surface area contributed by atoms with Crippen LogP contribution in [0, 0.1) is 35.5 Å². The van der Waals surface area contributed by atoms with E-state index in [-0.39, 0.29) is 0 Å². The molecule has 1 aromatic rings. The van der Waals surface area contributed by atoms with Crippen LogP contribution in [0.15, 0.2) is 12.1 Å². The van der Waals surface area contributed by atoms with Gasteiger partial charge < -0.3 is 9.47 Å². The molecule has 30 heavy (non-hydrogen) atoms. The zero-order valence-corrected chi connectivity index (χ0v) is 18.9. The molecule has 0 N–H and O–H groups in total. The summed E-state index contributed by atoms with van der Waals surface area (Å²) in [4.78, 5) is 0. The van der Waals surface area contributed by atoms with Crippen molar-refractivity contribution < 1.29 is 9.47 Å². The number of benzene rings is 1. The van der Waals surface area contributed by atoms with E-state index in [1.807, 2.05) is 14.2 Å². The summed E-state index contributed by atoms with van der Waals surface area (Å²) in [5.41, 5.74) is 3.89. The van der Waals surface area contributed by atoms with Crippen molar-refractivity contribution in [2.75, 3.05) is 14.2 Å². The highest BCUT2D eigenvalue weighted by atomic mass is 16.5. The first kappa shape index (κ1) is 18.4. The molecule has 8 bridgehead atoms. The lowest BCUT2D eigenvalue weighted by Crippen LogP contribution is -2.50. The first-order valence-corrected chi connectivity index (χ1v) is 12.8. The molecule has 0 aliphatic heterocycles. The molecule has 2 nitrogen and oxygen atoms in total. The van der Waals surface area contributed by atoms with Crippen LogP contribution in [0.5, 0.6) is 11.5 Å².